The first-order valence-corrected chi connectivity index (χ1v) is 18.8. The average Bonchev–Trinajstić information content (AvgIpc) is 3.57. The van der Waals surface area contributed by atoms with Crippen LogP contribution in [0, 0.1) is 11.3 Å². The maximum absolute atomic E-state index is 12.1. The lowest BCUT2D eigenvalue weighted by Crippen LogP contribution is -2.64. The van der Waals surface area contributed by atoms with Gasteiger partial charge in [-0.3, -0.25) is 4.57 Å². The molecule has 1 saturated carbocycles. The smallest absolute Gasteiger partial charge is 0.335 e. The number of aliphatic carboxylic acids is 1. The molecule has 0 bridgehead atoms. The fourth-order valence-electron chi connectivity index (χ4n) is 8.98. The zero-order chi connectivity index (χ0) is 36.4. The minimum atomic E-state index is -1.70. The first kappa shape index (κ1) is 34.9. The summed E-state index contributed by atoms with van der Waals surface area (Å²) in [4.78, 5) is 24.5. The van der Waals surface area contributed by atoms with E-state index < -0.39 is 36.7 Å². The van der Waals surface area contributed by atoms with E-state index in [1.165, 1.54) is 0 Å². The molecule has 2 aromatic heterocycles. The van der Waals surface area contributed by atoms with E-state index in [1.54, 1.807) is 6.33 Å². The molecule has 2 aromatic carbocycles. The van der Waals surface area contributed by atoms with Gasteiger partial charge in [-0.05, 0) is 67.6 Å². The molecule has 14 nitrogen and oxygen atoms in total. The van der Waals surface area contributed by atoms with Gasteiger partial charge in [0.2, 0.25) is 6.29 Å². The Balaban J connectivity index is 1.13. The molecule has 282 valence electrons. The highest BCUT2D eigenvalue weighted by atomic mass is 16.7. The predicted molar refractivity (Wildman–Crippen MR) is 193 cm³/mol. The number of carboxylic acids is 1. The Morgan fingerprint density at radius 1 is 1.06 bits per heavy atom. The number of nitrogens with two attached hydrogens (primary N) is 1. The van der Waals surface area contributed by atoms with Gasteiger partial charge in [-0.15, -0.1) is 0 Å². The molecule has 53 heavy (non-hydrogen) atoms. The van der Waals surface area contributed by atoms with Crippen molar-refractivity contribution in [3.8, 4) is 11.6 Å². The number of piperidine rings is 1. The summed E-state index contributed by atoms with van der Waals surface area (Å²) in [5.74, 6) is -0.243. The summed E-state index contributed by atoms with van der Waals surface area (Å²) in [5.41, 5.74) is 11.0. The quantitative estimate of drug-likeness (QED) is 0.227. The van der Waals surface area contributed by atoms with Crippen LogP contribution in [0.15, 0.2) is 48.8 Å². The molecule has 0 radical (unpaired) electrons. The van der Waals surface area contributed by atoms with Gasteiger partial charge in [0, 0.05) is 35.3 Å². The van der Waals surface area contributed by atoms with Crippen LogP contribution in [0.1, 0.15) is 51.0 Å². The number of anilines is 1. The lowest BCUT2D eigenvalue weighted by Gasteiger charge is -2.51. The molecule has 4 aromatic rings. The van der Waals surface area contributed by atoms with Crippen molar-refractivity contribution in [1.29, 1.82) is 0 Å². The molecular formula is C39H47N5O9. The standard InChI is InChI=1S/C39H47N5O9/c1-39(18-50-19-39)17-49-16-21-6-9-26-25(14-21)41-20-44(26)30-11-8-22-7-10-29-32(31(22)42-30)43-13-12-23(40)15-27(43)24-4-2-3-5-28(24)51-36-34(46)33(45)35(37(47)48)53-38(36)52-29/h6-11,14,20,23-24,27-28,33-36,38,45-46H,2-5,12-13,15-19,40H2,1H3,(H,47,48). The first-order valence-electron chi connectivity index (χ1n) is 18.8. The summed E-state index contributed by atoms with van der Waals surface area (Å²) in [7, 11) is 0. The average molecular weight is 730 g/mol. The van der Waals surface area contributed by atoms with Crippen molar-refractivity contribution in [2.24, 2.45) is 17.1 Å². The van der Waals surface area contributed by atoms with Crippen LogP contribution in [-0.2, 0) is 30.3 Å². The van der Waals surface area contributed by atoms with Gasteiger partial charge in [-0.2, -0.15) is 0 Å². The van der Waals surface area contributed by atoms with Crippen molar-refractivity contribution in [3.05, 3.63) is 54.4 Å². The van der Waals surface area contributed by atoms with E-state index in [0.29, 0.717) is 36.8 Å². The van der Waals surface area contributed by atoms with Crippen molar-refractivity contribution in [2.75, 3.05) is 31.3 Å². The normalized spacial score (nSPS) is 32.5. The van der Waals surface area contributed by atoms with Crippen LogP contribution < -0.4 is 15.4 Å². The minimum absolute atomic E-state index is 0.00190. The van der Waals surface area contributed by atoms with E-state index >= 15 is 0 Å². The van der Waals surface area contributed by atoms with Gasteiger partial charge < -0.3 is 49.6 Å². The third-order valence-electron chi connectivity index (χ3n) is 11.8. The number of carboxylic acid groups (broad SMARTS) is 1. The molecule has 9 unspecified atom stereocenters. The molecule has 5 aliphatic rings. The molecule has 3 saturated heterocycles. The van der Waals surface area contributed by atoms with Gasteiger partial charge >= 0.3 is 5.97 Å². The van der Waals surface area contributed by atoms with Crippen LogP contribution in [0.3, 0.4) is 0 Å². The number of fused-ring (bicyclic) bond motifs is 9. The Kier molecular flexibility index (Phi) is 9.04. The Morgan fingerprint density at radius 3 is 2.70 bits per heavy atom. The second kappa shape index (κ2) is 13.8. The number of rotatable bonds is 6. The molecule has 0 spiro atoms. The summed E-state index contributed by atoms with van der Waals surface area (Å²) < 4.78 is 32.5. The topological polar surface area (TPSA) is 184 Å². The van der Waals surface area contributed by atoms with Crippen LogP contribution in [0.5, 0.6) is 5.75 Å². The fraction of sp³-hybridized carbons (Fsp3) is 0.564. The monoisotopic (exact) mass is 729 g/mol. The van der Waals surface area contributed by atoms with Gasteiger partial charge in [0.1, 0.15) is 41.9 Å². The highest BCUT2D eigenvalue weighted by Crippen LogP contribution is 2.46. The number of nitrogens with zero attached hydrogens (tertiary/aromatic N) is 4. The Bertz CT molecular complexity index is 2000. The molecule has 1 aliphatic carbocycles. The van der Waals surface area contributed by atoms with E-state index in [-0.39, 0.29) is 29.5 Å². The van der Waals surface area contributed by atoms with E-state index in [9.17, 15) is 20.1 Å². The summed E-state index contributed by atoms with van der Waals surface area (Å²) in [5, 5.41) is 33.0. The largest absolute Gasteiger partial charge is 0.479 e. The number of pyridine rings is 1. The van der Waals surface area contributed by atoms with E-state index in [4.69, 9.17) is 39.4 Å². The number of benzene rings is 2. The molecule has 4 fully saturated rings. The van der Waals surface area contributed by atoms with Crippen LogP contribution in [0.4, 0.5) is 5.69 Å². The molecule has 14 heteroatoms. The van der Waals surface area contributed by atoms with Gasteiger partial charge in [0.15, 0.2) is 6.10 Å². The van der Waals surface area contributed by atoms with Crippen molar-refractivity contribution in [1.82, 2.24) is 14.5 Å². The van der Waals surface area contributed by atoms with Crippen molar-refractivity contribution >= 4 is 33.6 Å². The SMILES string of the molecule is CC1(COCc2ccc3c(c2)ncn3-c2ccc3ccc4c(c3n2)N2CCC(N)CC2C2CCCCC2OC2C(O4)OC(C(=O)O)C(O)C2O)COC1. The second-order valence-electron chi connectivity index (χ2n) is 15.9. The molecule has 6 heterocycles. The van der Waals surface area contributed by atoms with Gasteiger partial charge in [-0.25, -0.2) is 14.8 Å². The Labute approximate surface area is 306 Å². The van der Waals surface area contributed by atoms with Crippen LogP contribution in [0.2, 0.25) is 0 Å². The lowest BCUT2D eigenvalue weighted by atomic mass is 9.76. The lowest BCUT2D eigenvalue weighted by molar-refractivity contribution is -0.293. The summed E-state index contributed by atoms with van der Waals surface area (Å²) in [6, 6.07) is 13.9. The van der Waals surface area contributed by atoms with E-state index in [1.807, 2.05) is 41.0 Å². The molecule has 0 amide bonds. The van der Waals surface area contributed by atoms with Gasteiger partial charge in [0.05, 0.1) is 49.1 Å². The zero-order valence-corrected chi connectivity index (χ0v) is 29.8. The maximum atomic E-state index is 12.1. The second-order valence-corrected chi connectivity index (χ2v) is 15.9. The first-order chi connectivity index (χ1) is 25.7. The third-order valence-corrected chi connectivity index (χ3v) is 11.8. The number of hydrogen-bond donors (Lipinski definition) is 4. The minimum Gasteiger partial charge on any atom is -0.479 e. The number of carbonyl (C=O) groups is 1. The van der Waals surface area contributed by atoms with Gasteiger partial charge in [-0.1, -0.05) is 25.8 Å². The third kappa shape index (κ3) is 6.33. The van der Waals surface area contributed by atoms with Crippen LogP contribution in [-0.4, -0.2) is 111 Å². The van der Waals surface area contributed by atoms with E-state index in [0.717, 1.165) is 79.4 Å². The Morgan fingerprint density at radius 2 is 1.89 bits per heavy atom. The molecular weight excluding hydrogens is 682 g/mol. The fourth-order valence-corrected chi connectivity index (χ4v) is 8.98. The van der Waals surface area contributed by atoms with E-state index in [2.05, 4.69) is 17.9 Å². The number of hydrogen-bond acceptors (Lipinski definition) is 12. The van der Waals surface area contributed by atoms with Crippen LogP contribution in [0.25, 0.3) is 27.8 Å². The van der Waals surface area contributed by atoms with Crippen molar-refractivity contribution in [3.63, 3.8) is 0 Å². The highest BCUT2D eigenvalue weighted by molar-refractivity contribution is 5.95. The summed E-state index contributed by atoms with van der Waals surface area (Å²) >= 11 is 0. The number of imidazole rings is 1. The highest BCUT2D eigenvalue weighted by Gasteiger charge is 2.52. The van der Waals surface area contributed by atoms with Crippen molar-refractivity contribution in [2.45, 2.75) is 101 Å². The molecule has 4 aliphatic heterocycles. The maximum Gasteiger partial charge on any atom is 0.335 e. The number of ether oxygens (including phenoxy) is 5. The number of aliphatic hydroxyl groups excluding tert-OH is 2. The zero-order valence-electron chi connectivity index (χ0n) is 29.8. The predicted octanol–water partition coefficient (Wildman–Crippen LogP) is 3.29. The number of aromatic nitrogens is 3. The molecule has 5 N–H and O–H groups in total. The molecule has 9 rings (SSSR count). The number of aliphatic hydroxyl groups is 2. The Hall–Kier alpha value is -3.89. The summed E-state index contributed by atoms with van der Waals surface area (Å²) in [6.45, 7) is 5.40. The van der Waals surface area contributed by atoms with Gasteiger partial charge in [0.25, 0.3) is 0 Å². The van der Waals surface area contributed by atoms with Crippen molar-refractivity contribution < 1.29 is 43.8 Å². The summed E-state index contributed by atoms with van der Waals surface area (Å²) in [6.07, 6.45) is -0.745. The van der Waals surface area contributed by atoms with Crippen LogP contribution >= 0.6 is 0 Å². The molecule has 9 atom stereocenters.